The van der Waals surface area contributed by atoms with Gasteiger partial charge in [0.05, 0.1) is 12.6 Å². The number of benzene rings is 2. The molecule has 1 heterocycles. The van der Waals surface area contributed by atoms with Gasteiger partial charge in [-0.1, -0.05) is 24.3 Å². The van der Waals surface area contributed by atoms with Crippen LogP contribution < -0.4 is 15.4 Å². The van der Waals surface area contributed by atoms with E-state index in [1.54, 1.807) is 36.4 Å². The lowest BCUT2D eigenvalue weighted by Crippen LogP contribution is -2.32. The minimum atomic E-state index is -0.300. The van der Waals surface area contributed by atoms with Crippen molar-refractivity contribution in [2.45, 2.75) is 18.9 Å². The second-order valence-electron chi connectivity index (χ2n) is 6.07. The minimum Gasteiger partial charge on any atom is -0.491 e. The summed E-state index contributed by atoms with van der Waals surface area (Å²) >= 11 is 0. The van der Waals surface area contributed by atoms with Crippen LogP contribution in [0, 0.1) is 0 Å². The fraction of sp³-hybridized carbons (Fsp3) is 0.300. The van der Waals surface area contributed by atoms with Crippen LogP contribution in [0.1, 0.15) is 23.2 Å². The summed E-state index contributed by atoms with van der Waals surface area (Å²) in [5.41, 5.74) is 1.14. The lowest BCUT2D eigenvalue weighted by atomic mass is 10.2. The van der Waals surface area contributed by atoms with E-state index < -0.39 is 0 Å². The number of amides is 2. The Morgan fingerprint density at radius 2 is 1.96 bits per heavy atom. The molecule has 136 valence electrons. The van der Waals surface area contributed by atoms with Gasteiger partial charge in [0.15, 0.2) is 0 Å². The van der Waals surface area contributed by atoms with E-state index in [4.69, 9.17) is 9.47 Å². The van der Waals surface area contributed by atoms with Gasteiger partial charge in [-0.2, -0.15) is 0 Å². The van der Waals surface area contributed by atoms with E-state index in [-0.39, 0.29) is 24.5 Å². The average Bonchev–Trinajstić information content (AvgIpc) is 3.19. The molecule has 26 heavy (non-hydrogen) atoms. The first kappa shape index (κ1) is 17.9. The number of nitrogens with one attached hydrogen (secondary N) is 2. The molecule has 1 aliphatic heterocycles. The van der Waals surface area contributed by atoms with E-state index in [0.29, 0.717) is 23.6 Å². The van der Waals surface area contributed by atoms with Crippen LogP contribution in [0.25, 0.3) is 0 Å². The number of ether oxygens (including phenoxy) is 2. The lowest BCUT2D eigenvalue weighted by molar-refractivity contribution is -0.115. The molecule has 1 atom stereocenters. The monoisotopic (exact) mass is 354 g/mol. The molecule has 2 aromatic carbocycles. The standard InChI is InChI=1S/C20H22N2O4/c23-19(13-21-20(24)15-6-2-1-3-7-15)22-16-8-4-9-17(12-16)26-14-18-10-5-11-25-18/h1-4,6-9,12,18H,5,10-11,13-14H2,(H,21,24)(H,22,23)/t18-/m1/s1. The molecule has 1 fully saturated rings. The van der Waals surface area contributed by atoms with Crippen molar-refractivity contribution in [3.8, 4) is 5.75 Å². The number of carbonyl (C=O) groups excluding carboxylic acids is 2. The fourth-order valence-electron chi connectivity index (χ4n) is 2.69. The summed E-state index contributed by atoms with van der Waals surface area (Å²) in [6, 6.07) is 15.9. The Morgan fingerprint density at radius 3 is 2.73 bits per heavy atom. The smallest absolute Gasteiger partial charge is 0.251 e. The molecule has 0 radical (unpaired) electrons. The van der Waals surface area contributed by atoms with Gasteiger partial charge in [-0.05, 0) is 37.1 Å². The highest BCUT2D eigenvalue weighted by atomic mass is 16.5. The predicted molar refractivity (Wildman–Crippen MR) is 98.3 cm³/mol. The zero-order chi connectivity index (χ0) is 18.2. The Kier molecular flexibility index (Phi) is 6.22. The summed E-state index contributed by atoms with van der Waals surface area (Å²) in [7, 11) is 0. The van der Waals surface area contributed by atoms with Crippen LogP contribution in [0.2, 0.25) is 0 Å². The van der Waals surface area contributed by atoms with Crippen molar-refractivity contribution in [1.29, 1.82) is 0 Å². The van der Waals surface area contributed by atoms with Crippen LogP contribution in [-0.4, -0.2) is 37.7 Å². The Morgan fingerprint density at radius 1 is 1.12 bits per heavy atom. The molecule has 3 rings (SSSR count). The molecule has 2 aromatic rings. The lowest BCUT2D eigenvalue weighted by Gasteiger charge is -2.12. The normalized spacial score (nSPS) is 16.1. The summed E-state index contributed by atoms with van der Waals surface area (Å²) in [6.07, 6.45) is 2.22. The molecular weight excluding hydrogens is 332 g/mol. The third-order valence-electron chi connectivity index (χ3n) is 4.02. The Labute approximate surface area is 152 Å². The number of hydrogen-bond acceptors (Lipinski definition) is 4. The molecule has 0 bridgehead atoms. The Bertz CT molecular complexity index is 742. The van der Waals surface area contributed by atoms with Gasteiger partial charge in [0, 0.05) is 23.9 Å². The first-order valence-corrected chi connectivity index (χ1v) is 8.68. The van der Waals surface area contributed by atoms with Crippen molar-refractivity contribution in [2.24, 2.45) is 0 Å². The van der Waals surface area contributed by atoms with Crippen molar-refractivity contribution in [3.63, 3.8) is 0 Å². The maximum Gasteiger partial charge on any atom is 0.251 e. The van der Waals surface area contributed by atoms with Gasteiger partial charge in [0.2, 0.25) is 5.91 Å². The molecule has 2 amide bonds. The van der Waals surface area contributed by atoms with E-state index in [9.17, 15) is 9.59 Å². The molecule has 0 saturated carbocycles. The van der Waals surface area contributed by atoms with E-state index >= 15 is 0 Å². The topological polar surface area (TPSA) is 76.7 Å². The van der Waals surface area contributed by atoms with Gasteiger partial charge in [-0.3, -0.25) is 9.59 Å². The van der Waals surface area contributed by atoms with Crippen LogP contribution in [-0.2, 0) is 9.53 Å². The fourth-order valence-corrected chi connectivity index (χ4v) is 2.69. The summed E-state index contributed by atoms with van der Waals surface area (Å²) in [5.74, 6) is 0.0894. The van der Waals surface area contributed by atoms with Gasteiger partial charge >= 0.3 is 0 Å². The Hall–Kier alpha value is -2.86. The molecule has 1 aliphatic rings. The van der Waals surface area contributed by atoms with E-state index in [2.05, 4.69) is 10.6 Å². The highest BCUT2D eigenvalue weighted by molar-refractivity contribution is 5.99. The first-order chi connectivity index (χ1) is 12.7. The minimum absolute atomic E-state index is 0.102. The van der Waals surface area contributed by atoms with Gasteiger partial charge < -0.3 is 20.1 Å². The van der Waals surface area contributed by atoms with Crippen LogP contribution in [0.4, 0.5) is 5.69 Å². The second-order valence-corrected chi connectivity index (χ2v) is 6.07. The number of anilines is 1. The second kappa shape index (κ2) is 9.01. The molecule has 0 spiro atoms. The summed E-state index contributed by atoms with van der Waals surface area (Å²) in [5, 5.41) is 5.35. The average molecular weight is 354 g/mol. The zero-order valence-electron chi connectivity index (χ0n) is 14.4. The van der Waals surface area contributed by atoms with Crippen molar-refractivity contribution in [3.05, 3.63) is 60.2 Å². The summed E-state index contributed by atoms with van der Waals surface area (Å²) in [6.45, 7) is 1.19. The molecular formula is C20H22N2O4. The molecule has 1 saturated heterocycles. The third-order valence-corrected chi connectivity index (χ3v) is 4.02. The molecule has 2 N–H and O–H groups in total. The van der Waals surface area contributed by atoms with Crippen LogP contribution >= 0.6 is 0 Å². The summed E-state index contributed by atoms with van der Waals surface area (Å²) < 4.78 is 11.2. The van der Waals surface area contributed by atoms with E-state index in [1.165, 1.54) is 0 Å². The quantitative estimate of drug-likeness (QED) is 0.801. The number of hydrogen-bond donors (Lipinski definition) is 2. The van der Waals surface area contributed by atoms with Crippen LogP contribution in [0.3, 0.4) is 0 Å². The molecule has 0 unspecified atom stereocenters. The van der Waals surface area contributed by atoms with Gasteiger partial charge in [0.1, 0.15) is 12.4 Å². The third kappa shape index (κ3) is 5.32. The van der Waals surface area contributed by atoms with E-state index in [0.717, 1.165) is 19.4 Å². The van der Waals surface area contributed by atoms with Gasteiger partial charge in [0.25, 0.3) is 5.91 Å². The first-order valence-electron chi connectivity index (χ1n) is 8.68. The molecule has 6 heteroatoms. The number of rotatable bonds is 7. The summed E-state index contributed by atoms with van der Waals surface area (Å²) in [4.78, 5) is 24.0. The highest BCUT2D eigenvalue weighted by Gasteiger charge is 2.16. The maximum absolute atomic E-state index is 12.0. The van der Waals surface area contributed by atoms with Gasteiger partial charge in [-0.15, -0.1) is 0 Å². The number of carbonyl (C=O) groups is 2. The molecule has 0 aliphatic carbocycles. The van der Waals surface area contributed by atoms with Crippen LogP contribution in [0.15, 0.2) is 54.6 Å². The Balaban J connectivity index is 1.46. The maximum atomic E-state index is 12.0. The van der Waals surface area contributed by atoms with Gasteiger partial charge in [-0.25, -0.2) is 0 Å². The molecule has 6 nitrogen and oxygen atoms in total. The van der Waals surface area contributed by atoms with Crippen molar-refractivity contribution in [1.82, 2.24) is 5.32 Å². The van der Waals surface area contributed by atoms with Crippen molar-refractivity contribution in [2.75, 3.05) is 25.1 Å². The van der Waals surface area contributed by atoms with Crippen molar-refractivity contribution >= 4 is 17.5 Å². The SMILES string of the molecule is O=C(CNC(=O)c1ccccc1)Nc1cccc(OC[C@H]2CCCO2)c1. The zero-order valence-corrected chi connectivity index (χ0v) is 14.4. The predicted octanol–water partition coefficient (Wildman–Crippen LogP) is 2.61. The van der Waals surface area contributed by atoms with E-state index in [1.807, 2.05) is 18.2 Å². The highest BCUT2D eigenvalue weighted by Crippen LogP contribution is 2.19. The van der Waals surface area contributed by atoms with Crippen LogP contribution in [0.5, 0.6) is 5.75 Å². The molecule has 0 aromatic heterocycles. The van der Waals surface area contributed by atoms with Crippen molar-refractivity contribution < 1.29 is 19.1 Å². The largest absolute Gasteiger partial charge is 0.491 e.